The average molecular weight is 289 g/mol. The Hall–Kier alpha value is -2.38. The number of aromatic nitrogens is 4. The van der Waals surface area contributed by atoms with Crippen LogP contribution in [0.15, 0.2) is 6.20 Å². The Balaban J connectivity index is 1.89. The molecule has 0 atom stereocenters. The first kappa shape index (κ1) is 13.6. The standard InChI is InChI=1S/C13H19N7O/c1-2-15-13-17-11-9(7-16-19-11)12(18-13)20-5-3-8(4-6-20)10(14)21/h7-8H,2-6H2,1H3,(H2,14,21)(H2,15,16,17,18,19). The van der Waals surface area contributed by atoms with Gasteiger partial charge in [-0.1, -0.05) is 0 Å². The zero-order valence-corrected chi connectivity index (χ0v) is 12.0. The van der Waals surface area contributed by atoms with Crippen LogP contribution in [0.1, 0.15) is 19.8 Å². The number of nitrogens with two attached hydrogens (primary N) is 1. The van der Waals surface area contributed by atoms with Gasteiger partial charge in [-0.15, -0.1) is 0 Å². The topological polar surface area (TPSA) is 113 Å². The van der Waals surface area contributed by atoms with Crippen LogP contribution in [0.3, 0.4) is 0 Å². The van der Waals surface area contributed by atoms with Gasteiger partial charge in [0.05, 0.1) is 11.6 Å². The van der Waals surface area contributed by atoms with Crippen molar-refractivity contribution in [3.05, 3.63) is 6.20 Å². The van der Waals surface area contributed by atoms with E-state index in [9.17, 15) is 4.79 Å². The average Bonchev–Trinajstić information content (AvgIpc) is 2.95. The van der Waals surface area contributed by atoms with Crippen LogP contribution in [0, 0.1) is 5.92 Å². The number of fused-ring (bicyclic) bond motifs is 1. The number of piperidine rings is 1. The molecule has 3 heterocycles. The van der Waals surface area contributed by atoms with Crippen molar-refractivity contribution in [3.8, 4) is 0 Å². The van der Waals surface area contributed by atoms with E-state index in [0.29, 0.717) is 11.6 Å². The number of rotatable bonds is 4. The van der Waals surface area contributed by atoms with Crippen molar-refractivity contribution in [1.29, 1.82) is 0 Å². The van der Waals surface area contributed by atoms with Crippen molar-refractivity contribution in [2.45, 2.75) is 19.8 Å². The summed E-state index contributed by atoms with van der Waals surface area (Å²) in [5, 5.41) is 11.0. The molecule has 8 nitrogen and oxygen atoms in total. The van der Waals surface area contributed by atoms with Crippen LogP contribution in [0.2, 0.25) is 0 Å². The van der Waals surface area contributed by atoms with Crippen molar-refractivity contribution in [1.82, 2.24) is 20.2 Å². The smallest absolute Gasteiger partial charge is 0.226 e. The van der Waals surface area contributed by atoms with E-state index in [4.69, 9.17) is 5.73 Å². The number of carbonyl (C=O) groups excluding carboxylic acids is 1. The Labute approximate surface area is 122 Å². The number of hydrogen-bond acceptors (Lipinski definition) is 6. The van der Waals surface area contributed by atoms with Gasteiger partial charge in [-0.25, -0.2) is 0 Å². The molecule has 0 aromatic carbocycles. The van der Waals surface area contributed by atoms with Crippen LogP contribution in [0.25, 0.3) is 11.0 Å². The van der Waals surface area contributed by atoms with Gasteiger partial charge in [0.2, 0.25) is 11.9 Å². The zero-order valence-electron chi connectivity index (χ0n) is 12.0. The van der Waals surface area contributed by atoms with Gasteiger partial charge in [0.25, 0.3) is 0 Å². The Kier molecular flexibility index (Phi) is 3.59. The maximum absolute atomic E-state index is 11.3. The molecule has 0 radical (unpaired) electrons. The highest BCUT2D eigenvalue weighted by molar-refractivity contribution is 5.87. The first-order chi connectivity index (χ1) is 10.2. The summed E-state index contributed by atoms with van der Waals surface area (Å²) in [6, 6.07) is 0. The number of carbonyl (C=O) groups is 1. The monoisotopic (exact) mass is 289 g/mol. The maximum Gasteiger partial charge on any atom is 0.226 e. The number of nitrogens with zero attached hydrogens (tertiary/aromatic N) is 4. The molecule has 0 saturated carbocycles. The highest BCUT2D eigenvalue weighted by Crippen LogP contribution is 2.28. The van der Waals surface area contributed by atoms with E-state index in [2.05, 4.69) is 30.4 Å². The number of hydrogen-bond donors (Lipinski definition) is 3. The van der Waals surface area contributed by atoms with Crippen molar-refractivity contribution in [3.63, 3.8) is 0 Å². The summed E-state index contributed by atoms with van der Waals surface area (Å²) in [6.07, 6.45) is 3.25. The minimum absolute atomic E-state index is 0.0313. The van der Waals surface area contributed by atoms with Gasteiger partial charge >= 0.3 is 0 Å². The second-order valence-corrected chi connectivity index (χ2v) is 5.20. The summed E-state index contributed by atoms with van der Waals surface area (Å²) in [7, 11) is 0. The molecule has 112 valence electrons. The SMILES string of the molecule is CCNc1nc(N2CCC(C(N)=O)CC2)c2cn[nH]c2n1. The lowest BCUT2D eigenvalue weighted by Crippen LogP contribution is -2.39. The lowest BCUT2D eigenvalue weighted by Gasteiger charge is -2.31. The molecule has 21 heavy (non-hydrogen) atoms. The highest BCUT2D eigenvalue weighted by Gasteiger charge is 2.25. The second kappa shape index (κ2) is 5.55. The van der Waals surface area contributed by atoms with Crippen molar-refractivity contribution < 1.29 is 4.79 Å². The summed E-state index contributed by atoms with van der Waals surface area (Å²) in [5.74, 6) is 1.20. The molecule has 0 bridgehead atoms. The number of nitrogens with one attached hydrogen (secondary N) is 2. The summed E-state index contributed by atoms with van der Waals surface area (Å²) in [5.41, 5.74) is 6.10. The summed E-state index contributed by atoms with van der Waals surface area (Å²) in [6.45, 7) is 4.27. The molecule has 1 fully saturated rings. The molecule has 1 amide bonds. The molecular weight excluding hydrogens is 270 g/mol. The van der Waals surface area contributed by atoms with Crippen molar-refractivity contribution in [2.24, 2.45) is 11.7 Å². The Morgan fingerprint density at radius 1 is 1.48 bits per heavy atom. The van der Waals surface area contributed by atoms with Crippen LogP contribution in [0.4, 0.5) is 11.8 Å². The first-order valence-electron chi connectivity index (χ1n) is 7.18. The number of aromatic amines is 1. The molecule has 0 unspecified atom stereocenters. The number of H-pyrrole nitrogens is 1. The van der Waals surface area contributed by atoms with Gasteiger partial charge in [0, 0.05) is 25.6 Å². The quantitative estimate of drug-likeness (QED) is 0.755. The molecule has 1 saturated heterocycles. The van der Waals surface area contributed by atoms with E-state index in [1.165, 1.54) is 0 Å². The lowest BCUT2D eigenvalue weighted by molar-refractivity contribution is -0.122. The van der Waals surface area contributed by atoms with Gasteiger partial charge in [0.15, 0.2) is 5.65 Å². The van der Waals surface area contributed by atoms with E-state index < -0.39 is 0 Å². The number of anilines is 2. The molecule has 1 aliphatic rings. The second-order valence-electron chi connectivity index (χ2n) is 5.20. The van der Waals surface area contributed by atoms with Crippen LogP contribution in [-0.4, -0.2) is 45.7 Å². The third-order valence-electron chi connectivity index (χ3n) is 3.82. The lowest BCUT2D eigenvalue weighted by atomic mass is 9.96. The summed E-state index contributed by atoms with van der Waals surface area (Å²) in [4.78, 5) is 22.4. The van der Waals surface area contributed by atoms with Crippen LogP contribution < -0.4 is 16.0 Å². The minimum atomic E-state index is -0.209. The third kappa shape index (κ3) is 2.61. The molecular formula is C13H19N7O. The molecule has 1 aliphatic heterocycles. The predicted molar refractivity (Wildman–Crippen MR) is 80.0 cm³/mol. The minimum Gasteiger partial charge on any atom is -0.369 e. The van der Waals surface area contributed by atoms with E-state index in [-0.39, 0.29) is 11.8 Å². The zero-order chi connectivity index (χ0) is 14.8. The van der Waals surface area contributed by atoms with Gasteiger partial charge in [-0.3, -0.25) is 9.89 Å². The van der Waals surface area contributed by atoms with Gasteiger partial charge in [-0.05, 0) is 19.8 Å². The fourth-order valence-corrected chi connectivity index (χ4v) is 2.67. The molecule has 0 spiro atoms. The third-order valence-corrected chi connectivity index (χ3v) is 3.82. The largest absolute Gasteiger partial charge is 0.369 e. The number of amides is 1. The molecule has 3 rings (SSSR count). The van der Waals surface area contributed by atoms with Crippen molar-refractivity contribution in [2.75, 3.05) is 29.9 Å². The van der Waals surface area contributed by atoms with E-state index in [1.807, 2.05) is 6.92 Å². The van der Waals surface area contributed by atoms with E-state index in [0.717, 1.165) is 43.7 Å². The van der Waals surface area contributed by atoms with Crippen LogP contribution in [-0.2, 0) is 4.79 Å². The fraction of sp³-hybridized carbons (Fsp3) is 0.538. The Bertz CT molecular complexity index is 645. The Morgan fingerprint density at radius 3 is 2.90 bits per heavy atom. The van der Waals surface area contributed by atoms with E-state index >= 15 is 0 Å². The maximum atomic E-state index is 11.3. The number of primary amides is 1. The van der Waals surface area contributed by atoms with Gasteiger partial charge in [0.1, 0.15) is 5.82 Å². The van der Waals surface area contributed by atoms with Gasteiger partial charge < -0.3 is 16.0 Å². The van der Waals surface area contributed by atoms with Crippen LogP contribution >= 0.6 is 0 Å². The normalized spacial score (nSPS) is 16.3. The molecule has 2 aromatic heterocycles. The van der Waals surface area contributed by atoms with E-state index in [1.54, 1.807) is 6.20 Å². The van der Waals surface area contributed by atoms with Crippen molar-refractivity contribution >= 4 is 28.7 Å². The molecule has 0 aliphatic carbocycles. The van der Waals surface area contributed by atoms with Crippen LogP contribution in [0.5, 0.6) is 0 Å². The highest BCUT2D eigenvalue weighted by atomic mass is 16.1. The fourth-order valence-electron chi connectivity index (χ4n) is 2.67. The summed E-state index contributed by atoms with van der Waals surface area (Å²) >= 11 is 0. The molecule has 4 N–H and O–H groups in total. The molecule has 8 heteroatoms. The first-order valence-corrected chi connectivity index (χ1v) is 7.18. The van der Waals surface area contributed by atoms with Gasteiger partial charge in [-0.2, -0.15) is 15.1 Å². The molecule has 2 aromatic rings. The Morgan fingerprint density at radius 2 is 2.24 bits per heavy atom. The summed E-state index contributed by atoms with van der Waals surface area (Å²) < 4.78 is 0. The predicted octanol–water partition coefficient (Wildman–Crippen LogP) is 0.486.